The SMILES string of the molecule is C[C@@H]1C(=O)OC2[C@H](O)[C@]34C5OC(=O)C3(OC3OC(=O)[C@H](O)C34[C@H](C(C)(C)C)[C@@H]5[18F])[C@]21O. The highest BCUT2D eigenvalue weighted by molar-refractivity contribution is 5.94. The summed E-state index contributed by atoms with van der Waals surface area (Å²) in [4.78, 5) is 38.2. The smallest absolute Gasteiger partial charge is 0.343 e. The molecule has 3 N–H and O–H groups in total. The maximum absolute atomic E-state index is 16.2. The van der Waals surface area contributed by atoms with E-state index in [1.807, 2.05) is 0 Å². The van der Waals surface area contributed by atoms with Gasteiger partial charge in [0.05, 0.1) is 16.7 Å². The maximum atomic E-state index is 16.2. The fourth-order valence-electron chi connectivity index (χ4n) is 8.19. The summed E-state index contributed by atoms with van der Waals surface area (Å²) in [5.74, 6) is -5.65. The van der Waals surface area contributed by atoms with Crippen LogP contribution >= 0.6 is 0 Å². The fraction of sp³-hybridized carbons (Fsp3) is 0.850. The number of alkyl halides is 1. The normalized spacial score (nSPS) is 61.0. The Bertz CT molecular complexity index is 962. The largest absolute Gasteiger partial charge is 0.456 e. The number of hydrogen-bond donors (Lipinski definition) is 3. The van der Waals surface area contributed by atoms with E-state index < -0.39 is 94.1 Å². The van der Waals surface area contributed by atoms with Gasteiger partial charge in [-0.2, -0.15) is 0 Å². The van der Waals surface area contributed by atoms with E-state index in [0.717, 1.165) is 0 Å². The van der Waals surface area contributed by atoms with Gasteiger partial charge in [0.15, 0.2) is 17.8 Å². The molecule has 12 atom stereocenters. The summed E-state index contributed by atoms with van der Waals surface area (Å²) in [7, 11) is 0. The Labute approximate surface area is 175 Å². The molecule has 6 fully saturated rings. The molecular weight excluding hydrogens is 418 g/mol. The molecule has 10 nitrogen and oxygen atoms in total. The molecule has 2 saturated carbocycles. The first-order valence-electron chi connectivity index (χ1n) is 10.3. The van der Waals surface area contributed by atoms with Gasteiger partial charge in [-0.1, -0.05) is 20.8 Å². The second-order valence-electron chi connectivity index (χ2n) is 10.7. The number of ether oxygens (including phenoxy) is 4. The average molecular weight is 441 g/mol. The van der Waals surface area contributed by atoms with E-state index in [-0.39, 0.29) is 0 Å². The van der Waals surface area contributed by atoms with E-state index in [1.165, 1.54) is 6.92 Å². The van der Waals surface area contributed by atoms with Crippen LogP contribution in [0.4, 0.5) is 4.39 Å². The Morgan fingerprint density at radius 3 is 2.26 bits per heavy atom. The van der Waals surface area contributed by atoms with Crippen molar-refractivity contribution in [3.05, 3.63) is 0 Å². The molecule has 5 unspecified atom stereocenters. The van der Waals surface area contributed by atoms with Crippen LogP contribution in [0.2, 0.25) is 0 Å². The van der Waals surface area contributed by atoms with E-state index in [0.29, 0.717) is 0 Å². The summed E-state index contributed by atoms with van der Waals surface area (Å²) >= 11 is 0. The van der Waals surface area contributed by atoms with Gasteiger partial charge in [0.1, 0.15) is 18.4 Å². The van der Waals surface area contributed by atoms with E-state index in [2.05, 4.69) is 0 Å². The van der Waals surface area contributed by atoms with Crippen molar-refractivity contribution in [2.45, 2.75) is 75.8 Å². The number of rotatable bonds is 0. The van der Waals surface area contributed by atoms with Gasteiger partial charge in [-0.05, 0) is 12.3 Å². The number of carbonyl (C=O) groups is 3. The van der Waals surface area contributed by atoms with E-state index in [4.69, 9.17) is 18.9 Å². The first kappa shape index (κ1) is 19.8. The number of hydrogen-bond acceptors (Lipinski definition) is 10. The van der Waals surface area contributed by atoms with Gasteiger partial charge in [0, 0.05) is 5.92 Å². The molecule has 0 amide bonds. The zero-order valence-electron chi connectivity index (χ0n) is 17.2. The van der Waals surface area contributed by atoms with Crippen molar-refractivity contribution in [1.29, 1.82) is 0 Å². The van der Waals surface area contributed by atoms with Crippen LogP contribution < -0.4 is 0 Å². The molecule has 0 bridgehead atoms. The third-order valence-electron chi connectivity index (χ3n) is 8.91. The quantitative estimate of drug-likeness (QED) is 0.302. The van der Waals surface area contributed by atoms with Gasteiger partial charge >= 0.3 is 17.9 Å². The van der Waals surface area contributed by atoms with Crippen LogP contribution in [0, 0.1) is 28.1 Å². The molecule has 0 radical (unpaired) electrons. The lowest BCUT2D eigenvalue weighted by atomic mass is 9.51. The summed E-state index contributed by atoms with van der Waals surface area (Å²) in [6.45, 7) is 6.36. The van der Waals surface area contributed by atoms with Crippen LogP contribution in [0.15, 0.2) is 0 Å². The predicted octanol–water partition coefficient (Wildman–Crippen LogP) is -1.42. The number of esters is 3. The first-order chi connectivity index (χ1) is 14.3. The van der Waals surface area contributed by atoms with Gasteiger partial charge in [-0.25, -0.2) is 14.0 Å². The van der Waals surface area contributed by atoms with Crippen molar-refractivity contribution in [3.8, 4) is 0 Å². The number of fused-ring (bicyclic) bond motifs is 1. The third kappa shape index (κ3) is 1.43. The highest BCUT2D eigenvalue weighted by Gasteiger charge is 3.05. The minimum atomic E-state index is -2.48. The number of aliphatic hydroxyl groups is 3. The molecular formula is C20H23FO10. The third-order valence-corrected chi connectivity index (χ3v) is 8.91. The minimum absolute atomic E-state index is 0.874. The molecule has 4 saturated heterocycles. The van der Waals surface area contributed by atoms with Crippen molar-refractivity contribution < 1.29 is 53.0 Å². The van der Waals surface area contributed by atoms with Gasteiger partial charge in [-0.15, -0.1) is 0 Å². The zero-order chi connectivity index (χ0) is 22.7. The molecule has 0 aromatic rings. The summed E-state index contributed by atoms with van der Waals surface area (Å²) in [6.07, 6.45) is -10.7. The molecule has 4 heterocycles. The summed E-state index contributed by atoms with van der Waals surface area (Å²) < 4.78 is 38.1. The second-order valence-corrected chi connectivity index (χ2v) is 10.7. The van der Waals surface area contributed by atoms with Crippen molar-refractivity contribution >= 4 is 17.9 Å². The van der Waals surface area contributed by atoms with Gasteiger partial charge in [-0.3, -0.25) is 4.79 Å². The Morgan fingerprint density at radius 2 is 1.65 bits per heavy atom. The standard InChI is InChI=1S/C20H23FO10/c1-5-12(24)28-11-8(22)18-10-6(21)7(16(2,3)4)17(18)9(23)13(25)30-15(17)31-20(18,14(26)29-10)19(5,11)27/h5-11,15,22-23,27H,1-4H3/t5-,6+,7+,8+,9+,10?,11?,15?,17?,18-,19-,20?/m1/s1/i21-1. The fourth-order valence-corrected chi connectivity index (χ4v) is 8.19. The first-order valence-corrected chi connectivity index (χ1v) is 10.3. The van der Waals surface area contributed by atoms with Gasteiger partial charge in [0.25, 0.3) is 0 Å². The van der Waals surface area contributed by atoms with Crippen molar-refractivity contribution in [2.24, 2.45) is 28.1 Å². The lowest BCUT2D eigenvalue weighted by molar-refractivity contribution is -0.240. The van der Waals surface area contributed by atoms with Crippen LogP contribution in [-0.2, 0) is 33.3 Å². The summed E-state index contributed by atoms with van der Waals surface area (Å²) in [5, 5.41) is 34.5. The number of aliphatic hydroxyl groups excluding tert-OH is 2. The summed E-state index contributed by atoms with van der Waals surface area (Å²) in [5.41, 5.74) is -9.91. The Kier molecular flexibility index (Phi) is 3.14. The molecule has 2 aliphatic carbocycles. The zero-order valence-corrected chi connectivity index (χ0v) is 17.2. The predicted molar refractivity (Wildman–Crippen MR) is 92.3 cm³/mol. The molecule has 11 heteroatoms. The highest BCUT2D eigenvalue weighted by Crippen LogP contribution is 2.84. The number of carbonyl (C=O) groups excluding carboxylic acids is 3. The van der Waals surface area contributed by atoms with Crippen LogP contribution in [0.1, 0.15) is 27.7 Å². The maximum Gasteiger partial charge on any atom is 0.343 e. The van der Waals surface area contributed by atoms with Crippen LogP contribution in [0.25, 0.3) is 0 Å². The molecule has 31 heavy (non-hydrogen) atoms. The lowest BCUT2D eigenvalue weighted by Crippen LogP contribution is -2.67. The highest BCUT2D eigenvalue weighted by atomic mass is 18.2. The van der Waals surface area contributed by atoms with Crippen molar-refractivity contribution in [3.63, 3.8) is 0 Å². The number of halogens is 1. The van der Waals surface area contributed by atoms with Gasteiger partial charge < -0.3 is 34.3 Å². The monoisotopic (exact) mass is 441 g/mol. The van der Waals surface area contributed by atoms with Crippen molar-refractivity contribution in [1.82, 2.24) is 0 Å². The van der Waals surface area contributed by atoms with E-state index in [9.17, 15) is 29.7 Å². The van der Waals surface area contributed by atoms with Crippen molar-refractivity contribution in [2.75, 3.05) is 0 Å². The molecule has 6 aliphatic rings. The molecule has 2 spiro atoms. The molecule has 0 aromatic carbocycles. The molecule has 6 rings (SSSR count). The van der Waals surface area contributed by atoms with E-state index >= 15 is 4.39 Å². The minimum Gasteiger partial charge on any atom is -0.456 e. The summed E-state index contributed by atoms with van der Waals surface area (Å²) in [6, 6.07) is 0. The van der Waals surface area contributed by atoms with Crippen LogP contribution in [0.3, 0.4) is 0 Å². The Hall–Kier alpha value is -1.82. The Balaban J connectivity index is 1.75. The average Bonchev–Trinajstić information content (AvgIpc) is 3.35. The van der Waals surface area contributed by atoms with Crippen LogP contribution in [-0.4, -0.2) is 81.3 Å². The van der Waals surface area contributed by atoms with Crippen LogP contribution in [0.5, 0.6) is 0 Å². The molecule has 0 aromatic heterocycles. The Morgan fingerprint density at radius 1 is 1.00 bits per heavy atom. The molecule has 4 aliphatic heterocycles. The lowest BCUT2D eigenvalue weighted by Gasteiger charge is -2.47. The van der Waals surface area contributed by atoms with Gasteiger partial charge in [0.2, 0.25) is 11.9 Å². The molecule has 170 valence electrons. The second kappa shape index (κ2) is 4.90. The topological polar surface area (TPSA) is 149 Å². The van der Waals surface area contributed by atoms with E-state index in [1.54, 1.807) is 20.8 Å².